The zero-order valence-corrected chi connectivity index (χ0v) is 18.0. The molecule has 1 atom stereocenters. The molecule has 2 N–H and O–H groups in total. The molecule has 3 rings (SSSR count). The van der Waals surface area contributed by atoms with E-state index >= 15 is 0 Å². The van der Waals surface area contributed by atoms with Gasteiger partial charge in [0, 0.05) is 23.4 Å². The van der Waals surface area contributed by atoms with Gasteiger partial charge in [0.15, 0.2) is 0 Å². The molecule has 0 fully saturated rings. The van der Waals surface area contributed by atoms with Crippen LogP contribution in [0.4, 0.5) is 30.6 Å². The van der Waals surface area contributed by atoms with Crippen molar-refractivity contribution in [2.45, 2.75) is 39.6 Å². The second-order valence-corrected chi connectivity index (χ2v) is 7.07. The first-order valence-electron chi connectivity index (χ1n) is 10.3. The highest BCUT2D eigenvalue weighted by atomic mass is 19.4. The van der Waals surface area contributed by atoms with Gasteiger partial charge >= 0.3 is 6.36 Å². The molecular formula is C23H25F3N4O2. The van der Waals surface area contributed by atoms with Crippen LogP contribution in [0.1, 0.15) is 27.2 Å². The molecule has 0 saturated heterocycles. The van der Waals surface area contributed by atoms with E-state index in [2.05, 4.69) is 25.3 Å². The maximum absolute atomic E-state index is 12.6. The molecule has 0 aliphatic heterocycles. The standard InChI is InChI=1S/C23H25F3N4O2/c1-4-15(3)27-22-29-20(16-7-6-8-19(13-16)32-23(24,25)26)14-21(30-22)28-17-9-11-18(12-10-17)31-5-2/h6-15H,4-5H2,1-3H3,(H2,27,28,29,30)/t15-/m0/s1. The Kier molecular flexibility index (Phi) is 7.40. The van der Waals surface area contributed by atoms with Crippen molar-refractivity contribution < 1.29 is 22.6 Å². The summed E-state index contributed by atoms with van der Waals surface area (Å²) in [5.41, 5.74) is 1.70. The lowest BCUT2D eigenvalue weighted by molar-refractivity contribution is -0.274. The van der Waals surface area contributed by atoms with Crippen molar-refractivity contribution in [3.05, 3.63) is 54.6 Å². The van der Waals surface area contributed by atoms with Crippen LogP contribution in [-0.2, 0) is 0 Å². The molecule has 170 valence electrons. The maximum Gasteiger partial charge on any atom is 0.573 e. The van der Waals surface area contributed by atoms with Gasteiger partial charge in [-0.15, -0.1) is 13.2 Å². The number of nitrogens with zero attached hydrogens (tertiary/aromatic N) is 2. The van der Waals surface area contributed by atoms with Crippen LogP contribution >= 0.6 is 0 Å². The predicted octanol–water partition coefficient (Wildman–Crippen LogP) is 6.39. The number of hydrogen-bond acceptors (Lipinski definition) is 6. The van der Waals surface area contributed by atoms with Crippen molar-refractivity contribution in [2.75, 3.05) is 17.2 Å². The van der Waals surface area contributed by atoms with Crippen LogP contribution in [-0.4, -0.2) is 29.0 Å². The highest BCUT2D eigenvalue weighted by molar-refractivity contribution is 5.68. The van der Waals surface area contributed by atoms with E-state index in [4.69, 9.17) is 4.74 Å². The Morgan fingerprint density at radius 2 is 1.72 bits per heavy atom. The Labute approximate surface area is 184 Å². The van der Waals surface area contributed by atoms with E-state index in [-0.39, 0.29) is 11.8 Å². The molecule has 0 radical (unpaired) electrons. The summed E-state index contributed by atoms with van der Waals surface area (Å²) in [7, 11) is 0. The average Bonchev–Trinajstić information content (AvgIpc) is 2.74. The second kappa shape index (κ2) is 10.2. The van der Waals surface area contributed by atoms with E-state index in [0.29, 0.717) is 29.6 Å². The average molecular weight is 446 g/mol. The molecule has 9 heteroatoms. The van der Waals surface area contributed by atoms with Gasteiger partial charge in [-0.2, -0.15) is 4.98 Å². The molecule has 2 aromatic carbocycles. The fraction of sp³-hybridized carbons (Fsp3) is 0.304. The van der Waals surface area contributed by atoms with Crippen molar-refractivity contribution >= 4 is 17.5 Å². The van der Waals surface area contributed by atoms with E-state index in [0.717, 1.165) is 17.9 Å². The second-order valence-electron chi connectivity index (χ2n) is 7.07. The number of nitrogens with one attached hydrogen (secondary N) is 2. The van der Waals surface area contributed by atoms with Crippen LogP contribution in [0.25, 0.3) is 11.3 Å². The smallest absolute Gasteiger partial charge is 0.494 e. The van der Waals surface area contributed by atoms with E-state index in [1.54, 1.807) is 12.1 Å². The molecule has 6 nitrogen and oxygen atoms in total. The van der Waals surface area contributed by atoms with E-state index in [1.807, 2.05) is 45.0 Å². The van der Waals surface area contributed by atoms with E-state index in [1.165, 1.54) is 18.2 Å². The number of aromatic nitrogens is 2. The minimum atomic E-state index is -4.77. The van der Waals surface area contributed by atoms with Crippen molar-refractivity contribution in [1.29, 1.82) is 0 Å². The maximum atomic E-state index is 12.6. The Balaban J connectivity index is 1.93. The number of alkyl halides is 3. The zero-order chi connectivity index (χ0) is 23.1. The van der Waals surface area contributed by atoms with Crippen LogP contribution in [0.15, 0.2) is 54.6 Å². The summed E-state index contributed by atoms with van der Waals surface area (Å²) < 4.78 is 47.4. The fourth-order valence-corrected chi connectivity index (χ4v) is 2.85. The van der Waals surface area contributed by atoms with Crippen LogP contribution in [0, 0.1) is 0 Å². The monoisotopic (exact) mass is 446 g/mol. The molecule has 0 spiro atoms. The van der Waals surface area contributed by atoms with Gasteiger partial charge in [0.05, 0.1) is 12.3 Å². The number of benzene rings is 2. The lowest BCUT2D eigenvalue weighted by Crippen LogP contribution is -2.17. The van der Waals surface area contributed by atoms with Gasteiger partial charge in [-0.1, -0.05) is 19.1 Å². The molecule has 3 aromatic rings. The van der Waals surface area contributed by atoms with Gasteiger partial charge in [0.1, 0.15) is 17.3 Å². The number of hydrogen-bond donors (Lipinski definition) is 2. The van der Waals surface area contributed by atoms with Gasteiger partial charge in [-0.3, -0.25) is 0 Å². The third kappa shape index (κ3) is 6.76. The first-order valence-corrected chi connectivity index (χ1v) is 10.3. The molecule has 0 aliphatic carbocycles. The number of ether oxygens (including phenoxy) is 2. The summed E-state index contributed by atoms with van der Waals surface area (Å²) >= 11 is 0. The molecule has 32 heavy (non-hydrogen) atoms. The zero-order valence-electron chi connectivity index (χ0n) is 18.0. The quantitative estimate of drug-likeness (QED) is 0.397. The normalized spacial score (nSPS) is 12.2. The SMILES string of the molecule is CCOc1ccc(Nc2cc(-c3cccc(OC(F)(F)F)c3)nc(N[C@@H](C)CC)n2)cc1. The summed E-state index contributed by atoms with van der Waals surface area (Å²) in [4.78, 5) is 9.00. The lowest BCUT2D eigenvalue weighted by atomic mass is 10.1. The van der Waals surface area contributed by atoms with Crippen molar-refractivity contribution in [2.24, 2.45) is 0 Å². The molecule has 0 aliphatic rings. The van der Waals surface area contributed by atoms with Crippen molar-refractivity contribution in [3.8, 4) is 22.8 Å². The summed E-state index contributed by atoms with van der Waals surface area (Å²) in [6, 6.07) is 14.9. The number of rotatable bonds is 9. The van der Waals surface area contributed by atoms with Crippen LogP contribution in [0.2, 0.25) is 0 Å². The minimum absolute atomic E-state index is 0.114. The van der Waals surface area contributed by atoms with Crippen LogP contribution in [0.3, 0.4) is 0 Å². The highest BCUT2D eigenvalue weighted by Gasteiger charge is 2.31. The van der Waals surface area contributed by atoms with Crippen LogP contribution < -0.4 is 20.1 Å². The number of anilines is 3. The van der Waals surface area contributed by atoms with Gasteiger partial charge in [-0.05, 0) is 56.7 Å². The van der Waals surface area contributed by atoms with E-state index in [9.17, 15) is 13.2 Å². The van der Waals surface area contributed by atoms with Crippen molar-refractivity contribution in [3.63, 3.8) is 0 Å². The van der Waals surface area contributed by atoms with Gasteiger partial charge in [0.2, 0.25) is 5.95 Å². The van der Waals surface area contributed by atoms with Crippen LogP contribution in [0.5, 0.6) is 11.5 Å². The Morgan fingerprint density at radius 3 is 2.38 bits per heavy atom. The summed E-state index contributed by atoms with van der Waals surface area (Å²) in [5, 5.41) is 6.42. The predicted molar refractivity (Wildman–Crippen MR) is 118 cm³/mol. The molecule has 0 amide bonds. The highest BCUT2D eigenvalue weighted by Crippen LogP contribution is 2.29. The Morgan fingerprint density at radius 1 is 0.969 bits per heavy atom. The third-order valence-electron chi connectivity index (χ3n) is 4.52. The van der Waals surface area contributed by atoms with Gasteiger partial charge in [-0.25, -0.2) is 4.98 Å². The molecule has 0 bridgehead atoms. The minimum Gasteiger partial charge on any atom is -0.494 e. The van der Waals surface area contributed by atoms with Gasteiger partial charge in [0.25, 0.3) is 0 Å². The van der Waals surface area contributed by atoms with Gasteiger partial charge < -0.3 is 20.1 Å². The first-order chi connectivity index (χ1) is 15.3. The molecule has 1 aromatic heterocycles. The lowest BCUT2D eigenvalue weighted by Gasteiger charge is -2.15. The first kappa shape index (κ1) is 23.2. The fourth-order valence-electron chi connectivity index (χ4n) is 2.85. The molecular weight excluding hydrogens is 421 g/mol. The Hall–Kier alpha value is -3.49. The summed E-state index contributed by atoms with van der Waals surface area (Å²) in [6.07, 6.45) is -3.92. The molecule has 0 unspecified atom stereocenters. The Bertz CT molecular complexity index is 1030. The summed E-state index contributed by atoms with van der Waals surface area (Å²) in [6.45, 7) is 6.50. The summed E-state index contributed by atoms with van der Waals surface area (Å²) in [5.74, 6) is 1.30. The number of halogens is 3. The topological polar surface area (TPSA) is 68.3 Å². The molecule has 0 saturated carbocycles. The van der Waals surface area contributed by atoms with Crippen molar-refractivity contribution in [1.82, 2.24) is 9.97 Å². The van der Waals surface area contributed by atoms with E-state index < -0.39 is 6.36 Å². The molecule has 1 heterocycles. The largest absolute Gasteiger partial charge is 0.573 e. The third-order valence-corrected chi connectivity index (χ3v) is 4.52.